The van der Waals surface area contributed by atoms with Crippen LogP contribution in [0.3, 0.4) is 0 Å². The maximum atomic E-state index is 12.0. The van der Waals surface area contributed by atoms with Gasteiger partial charge in [-0.3, -0.25) is 4.79 Å². The lowest BCUT2D eigenvalue weighted by molar-refractivity contribution is -0.114. The second kappa shape index (κ2) is 6.76. The van der Waals surface area contributed by atoms with Crippen molar-refractivity contribution in [3.63, 3.8) is 0 Å². The van der Waals surface area contributed by atoms with E-state index in [1.807, 2.05) is 51.1 Å². The van der Waals surface area contributed by atoms with E-state index in [9.17, 15) is 4.79 Å². The molecule has 0 saturated heterocycles. The Morgan fingerprint density at radius 2 is 1.81 bits per heavy atom. The number of carbonyl (C=O) groups is 1. The van der Waals surface area contributed by atoms with Crippen LogP contribution in [0.25, 0.3) is 0 Å². The third kappa shape index (κ3) is 4.33. The van der Waals surface area contributed by atoms with Crippen LogP contribution < -0.4 is 10.6 Å². The van der Waals surface area contributed by atoms with Gasteiger partial charge in [0.2, 0.25) is 5.91 Å². The third-order valence-electron chi connectivity index (χ3n) is 3.27. The van der Waals surface area contributed by atoms with Gasteiger partial charge in [0, 0.05) is 15.8 Å². The Hall–Kier alpha value is -1.81. The molecule has 2 aromatic rings. The van der Waals surface area contributed by atoms with Gasteiger partial charge in [-0.15, -0.1) is 0 Å². The molecule has 3 nitrogen and oxygen atoms in total. The molecule has 2 N–H and O–H groups in total. The Morgan fingerprint density at radius 3 is 2.48 bits per heavy atom. The molecule has 0 radical (unpaired) electrons. The molecule has 2 rings (SSSR count). The highest BCUT2D eigenvalue weighted by molar-refractivity contribution is 9.10. The Bertz CT molecular complexity index is 668. The molecule has 0 heterocycles. The number of anilines is 2. The van der Waals surface area contributed by atoms with Crippen LogP contribution in [0.5, 0.6) is 0 Å². The highest BCUT2D eigenvalue weighted by Gasteiger charge is 2.05. The first-order valence-electron chi connectivity index (χ1n) is 6.83. The summed E-state index contributed by atoms with van der Waals surface area (Å²) in [6, 6.07) is 11.9. The van der Waals surface area contributed by atoms with E-state index >= 15 is 0 Å². The first-order valence-corrected chi connectivity index (χ1v) is 7.62. The molecule has 2 aromatic carbocycles. The van der Waals surface area contributed by atoms with Crippen LogP contribution in [0.15, 0.2) is 40.9 Å². The van der Waals surface area contributed by atoms with Crippen molar-refractivity contribution in [2.45, 2.75) is 20.8 Å². The summed E-state index contributed by atoms with van der Waals surface area (Å²) in [5.41, 5.74) is 5.19. The molecule has 0 saturated carbocycles. The van der Waals surface area contributed by atoms with Crippen molar-refractivity contribution in [3.05, 3.63) is 57.6 Å². The number of hydrogen-bond donors (Lipinski definition) is 2. The van der Waals surface area contributed by atoms with Crippen molar-refractivity contribution in [2.75, 3.05) is 17.2 Å². The van der Waals surface area contributed by atoms with Gasteiger partial charge in [-0.2, -0.15) is 0 Å². The zero-order valence-corrected chi connectivity index (χ0v) is 14.0. The lowest BCUT2D eigenvalue weighted by Crippen LogP contribution is -2.22. The van der Waals surface area contributed by atoms with E-state index in [-0.39, 0.29) is 12.5 Å². The van der Waals surface area contributed by atoms with Crippen LogP contribution in [0.2, 0.25) is 0 Å². The molecule has 0 unspecified atom stereocenters. The quantitative estimate of drug-likeness (QED) is 0.859. The van der Waals surface area contributed by atoms with Crippen molar-refractivity contribution < 1.29 is 4.79 Å². The summed E-state index contributed by atoms with van der Waals surface area (Å²) in [5.74, 6) is -0.0532. The van der Waals surface area contributed by atoms with E-state index in [0.29, 0.717) is 0 Å². The number of carbonyl (C=O) groups excluding carboxylic acids is 1. The maximum Gasteiger partial charge on any atom is 0.243 e. The topological polar surface area (TPSA) is 41.1 Å². The number of halogens is 1. The van der Waals surface area contributed by atoms with Gasteiger partial charge < -0.3 is 10.6 Å². The number of nitrogens with one attached hydrogen (secondary N) is 2. The smallest absolute Gasteiger partial charge is 0.243 e. The van der Waals surface area contributed by atoms with E-state index in [1.165, 1.54) is 5.56 Å². The molecule has 0 aliphatic rings. The van der Waals surface area contributed by atoms with Crippen LogP contribution in [0.4, 0.5) is 11.4 Å². The lowest BCUT2D eigenvalue weighted by Gasteiger charge is -2.11. The van der Waals surface area contributed by atoms with Gasteiger partial charge in [0.05, 0.1) is 6.54 Å². The Kier molecular flexibility index (Phi) is 5.02. The first kappa shape index (κ1) is 15.6. The Labute approximate surface area is 133 Å². The highest BCUT2D eigenvalue weighted by atomic mass is 79.9. The molecular formula is C17H19BrN2O. The molecule has 0 bridgehead atoms. The molecule has 0 aliphatic heterocycles. The van der Waals surface area contributed by atoms with Gasteiger partial charge in [-0.1, -0.05) is 33.6 Å². The van der Waals surface area contributed by atoms with Gasteiger partial charge in [-0.25, -0.2) is 0 Å². The number of amides is 1. The van der Waals surface area contributed by atoms with Crippen LogP contribution >= 0.6 is 15.9 Å². The van der Waals surface area contributed by atoms with E-state index in [2.05, 4.69) is 32.6 Å². The SMILES string of the molecule is Cc1ccc(NC(=O)CNc2ccc(Br)c(C)c2)c(C)c1. The summed E-state index contributed by atoms with van der Waals surface area (Å²) < 4.78 is 1.06. The van der Waals surface area contributed by atoms with Crippen molar-refractivity contribution >= 4 is 33.2 Å². The van der Waals surface area contributed by atoms with Gasteiger partial charge in [0.25, 0.3) is 0 Å². The van der Waals surface area contributed by atoms with E-state index in [0.717, 1.165) is 27.0 Å². The largest absolute Gasteiger partial charge is 0.376 e. The molecule has 4 heteroatoms. The van der Waals surface area contributed by atoms with Gasteiger partial charge >= 0.3 is 0 Å². The van der Waals surface area contributed by atoms with Gasteiger partial charge in [-0.05, 0) is 56.2 Å². The average molecular weight is 347 g/mol. The lowest BCUT2D eigenvalue weighted by atomic mass is 10.1. The van der Waals surface area contributed by atoms with Crippen molar-refractivity contribution in [3.8, 4) is 0 Å². The molecule has 0 atom stereocenters. The van der Waals surface area contributed by atoms with Crippen LogP contribution in [-0.2, 0) is 4.79 Å². The number of benzene rings is 2. The zero-order valence-electron chi connectivity index (χ0n) is 12.5. The number of hydrogen-bond acceptors (Lipinski definition) is 2. The summed E-state index contributed by atoms with van der Waals surface area (Å²) >= 11 is 3.46. The minimum atomic E-state index is -0.0532. The summed E-state index contributed by atoms with van der Waals surface area (Å²) in [5, 5.41) is 6.05. The molecule has 0 aromatic heterocycles. The summed E-state index contributed by atoms with van der Waals surface area (Å²) in [6.45, 7) is 6.30. The van der Waals surface area contributed by atoms with E-state index in [4.69, 9.17) is 0 Å². The molecular weight excluding hydrogens is 328 g/mol. The van der Waals surface area contributed by atoms with E-state index < -0.39 is 0 Å². The predicted octanol–water partition coefficient (Wildman–Crippen LogP) is 4.42. The van der Waals surface area contributed by atoms with Crippen molar-refractivity contribution in [2.24, 2.45) is 0 Å². The third-order valence-corrected chi connectivity index (χ3v) is 4.16. The van der Waals surface area contributed by atoms with Gasteiger partial charge in [0.15, 0.2) is 0 Å². The second-order valence-corrected chi connectivity index (χ2v) is 6.04. The van der Waals surface area contributed by atoms with Gasteiger partial charge in [0.1, 0.15) is 0 Å². The number of rotatable bonds is 4. The summed E-state index contributed by atoms with van der Waals surface area (Å²) in [7, 11) is 0. The molecule has 0 aliphatic carbocycles. The maximum absolute atomic E-state index is 12.0. The second-order valence-electron chi connectivity index (χ2n) is 5.18. The fraction of sp³-hybridized carbons (Fsp3) is 0.235. The summed E-state index contributed by atoms with van der Waals surface area (Å²) in [6.07, 6.45) is 0. The fourth-order valence-corrected chi connectivity index (χ4v) is 2.33. The minimum absolute atomic E-state index is 0.0532. The molecule has 0 fully saturated rings. The monoisotopic (exact) mass is 346 g/mol. The Balaban J connectivity index is 1.94. The normalized spacial score (nSPS) is 10.3. The standard InChI is InChI=1S/C17H19BrN2O/c1-11-4-7-16(13(3)8-11)20-17(21)10-19-14-5-6-15(18)12(2)9-14/h4-9,19H,10H2,1-3H3,(H,20,21). The molecule has 0 spiro atoms. The highest BCUT2D eigenvalue weighted by Crippen LogP contribution is 2.20. The van der Waals surface area contributed by atoms with Crippen LogP contribution in [0, 0.1) is 20.8 Å². The van der Waals surface area contributed by atoms with E-state index in [1.54, 1.807) is 0 Å². The first-order chi connectivity index (χ1) is 9.95. The minimum Gasteiger partial charge on any atom is -0.376 e. The molecule has 21 heavy (non-hydrogen) atoms. The predicted molar refractivity (Wildman–Crippen MR) is 91.9 cm³/mol. The fourth-order valence-electron chi connectivity index (χ4n) is 2.09. The van der Waals surface area contributed by atoms with Crippen molar-refractivity contribution in [1.29, 1.82) is 0 Å². The molecule has 1 amide bonds. The average Bonchev–Trinajstić information content (AvgIpc) is 2.43. The molecule has 110 valence electrons. The van der Waals surface area contributed by atoms with Crippen LogP contribution in [0.1, 0.15) is 16.7 Å². The summed E-state index contributed by atoms with van der Waals surface area (Å²) in [4.78, 5) is 12.0. The van der Waals surface area contributed by atoms with Crippen molar-refractivity contribution in [1.82, 2.24) is 0 Å². The number of aryl methyl sites for hydroxylation is 3. The van der Waals surface area contributed by atoms with Crippen LogP contribution in [-0.4, -0.2) is 12.5 Å². The Morgan fingerprint density at radius 1 is 1.05 bits per heavy atom. The zero-order chi connectivity index (χ0) is 15.4.